The summed E-state index contributed by atoms with van der Waals surface area (Å²) in [4.78, 5) is 0. The van der Waals surface area contributed by atoms with E-state index in [1.807, 2.05) is 24.3 Å². The van der Waals surface area contributed by atoms with Gasteiger partial charge in [-0.3, -0.25) is 0 Å². The van der Waals surface area contributed by atoms with E-state index in [1.165, 1.54) is 25.7 Å². The molecule has 0 radical (unpaired) electrons. The molecule has 2 aromatic carbocycles. The lowest BCUT2D eigenvalue weighted by molar-refractivity contribution is 0.297. The predicted molar refractivity (Wildman–Crippen MR) is 155 cm³/mol. The number of rotatable bonds is 13. The Balaban J connectivity index is 1.21. The first kappa shape index (κ1) is 30.0. The van der Waals surface area contributed by atoms with Crippen LogP contribution in [0.2, 0.25) is 0 Å². The van der Waals surface area contributed by atoms with E-state index in [2.05, 4.69) is 13.8 Å². The van der Waals surface area contributed by atoms with E-state index in [9.17, 15) is 13.2 Å². The largest absolute Gasteiger partial charge is 0.493 e. The molecule has 0 saturated heterocycles. The number of hydrogen-bond acceptors (Lipinski definition) is 1. The minimum atomic E-state index is -0.638. The van der Waals surface area contributed by atoms with E-state index >= 15 is 0 Å². The molecule has 0 aliphatic heterocycles. The molecule has 4 heteroatoms. The Hall–Kier alpha value is -1.97. The van der Waals surface area contributed by atoms with Crippen molar-refractivity contribution in [3.05, 3.63) is 64.5 Å². The number of hydrogen-bond donors (Lipinski definition) is 0. The van der Waals surface area contributed by atoms with Crippen molar-refractivity contribution in [2.75, 3.05) is 6.61 Å². The lowest BCUT2D eigenvalue weighted by Crippen LogP contribution is -2.16. The molecular weight excluding hydrogens is 493 g/mol. The van der Waals surface area contributed by atoms with Gasteiger partial charge in [0.05, 0.1) is 6.61 Å². The van der Waals surface area contributed by atoms with E-state index in [0.717, 1.165) is 76.2 Å². The Morgan fingerprint density at radius 3 is 2.08 bits per heavy atom. The summed E-state index contributed by atoms with van der Waals surface area (Å²) in [5, 5.41) is 0. The highest BCUT2D eigenvalue weighted by molar-refractivity contribution is 5.32. The Morgan fingerprint density at radius 1 is 0.718 bits per heavy atom. The van der Waals surface area contributed by atoms with E-state index < -0.39 is 11.6 Å². The molecule has 0 aromatic heterocycles. The summed E-state index contributed by atoms with van der Waals surface area (Å²) in [6.07, 6.45) is 16.6. The number of halogens is 3. The molecule has 216 valence electrons. The lowest BCUT2D eigenvalue weighted by atomic mass is 9.76. The van der Waals surface area contributed by atoms with E-state index in [1.54, 1.807) is 6.07 Å². The van der Waals surface area contributed by atoms with Crippen LogP contribution in [0.15, 0.2) is 30.3 Å². The molecule has 0 N–H and O–H groups in total. The van der Waals surface area contributed by atoms with Crippen LogP contribution < -0.4 is 4.74 Å². The van der Waals surface area contributed by atoms with Crippen LogP contribution >= 0.6 is 0 Å². The second-order valence-corrected chi connectivity index (χ2v) is 12.5. The minimum Gasteiger partial charge on any atom is -0.493 e. The van der Waals surface area contributed by atoms with Gasteiger partial charge in [0, 0.05) is 6.07 Å². The highest BCUT2D eigenvalue weighted by Crippen LogP contribution is 2.40. The molecule has 2 aromatic rings. The van der Waals surface area contributed by atoms with Gasteiger partial charge in [0.2, 0.25) is 0 Å². The molecule has 2 aliphatic carbocycles. The first-order chi connectivity index (χ1) is 19.0. The van der Waals surface area contributed by atoms with Crippen molar-refractivity contribution in [2.45, 2.75) is 128 Å². The summed E-state index contributed by atoms with van der Waals surface area (Å²) in [6.45, 7) is 5.10. The van der Waals surface area contributed by atoms with Crippen molar-refractivity contribution < 1.29 is 17.9 Å². The summed E-state index contributed by atoms with van der Waals surface area (Å²) >= 11 is 0. The number of aryl methyl sites for hydroxylation is 1. The standard InChI is InChI=1S/C35H49F3O/c1-3-4-5-6-7-8-23-39-30-20-22-31(33(36)24-30)27-16-11-26(12-17-27)13-18-29-19-21-32(35(38)34(29)37)28-14-9-25(2)10-15-28/h19-22,24-28H,3-18,23H2,1-2H3. The molecule has 0 spiro atoms. The average molecular weight is 543 g/mol. The molecule has 4 rings (SSSR count). The van der Waals surface area contributed by atoms with Gasteiger partial charge in [-0.2, -0.15) is 0 Å². The Morgan fingerprint density at radius 2 is 1.36 bits per heavy atom. The second kappa shape index (κ2) is 15.1. The molecule has 1 nitrogen and oxygen atoms in total. The van der Waals surface area contributed by atoms with E-state index in [0.29, 0.717) is 41.7 Å². The van der Waals surface area contributed by atoms with Crippen LogP contribution in [0, 0.1) is 29.3 Å². The first-order valence-corrected chi connectivity index (χ1v) is 15.8. The second-order valence-electron chi connectivity index (χ2n) is 12.5. The molecule has 2 saturated carbocycles. The fourth-order valence-corrected chi connectivity index (χ4v) is 6.81. The van der Waals surface area contributed by atoms with Crippen LogP contribution in [0.3, 0.4) is 0 Å². The van der Waals surface area contributed by atoms with Crippen molar-refractivity contribution in [2.24, 2.45) is 11.8 Å². The van der Waals surface area contributed by atoms with Crippen LogP contribution in [0.1, 0.15) is 139 Å². The van der Waals surface area contributed by atoms with Gasteiger partial charge < -0.3 is 4.74 Å². The monoisotopic (exact) mass is 542 g/mol. The fraction of sp³-hybridized carbons (Fsp3) is 0.657. The quantitative estimate of drug-likeness (QED) is 0.229. The third-order valence-electron chi connectivity index (χ3n) is 9.49. The van der Waals surface area contributed by atoms with Crippen LogP contribution in [0.25, 0.3) is 0 Å². The van der Waals surface area contributed by atoms with Gasteiger partial charge in [0.15, 0.2) is 11.6 Å². The SMILES string of the molecule is CCCCCCCCOc1ccc(C2CCC(CCc3ccc(C4CCC(C)CC4)c(F)c3F)CC2)c(F)c1. The zero-order valence-corrected chi connectivity index (χ0v) is 24.3. The maximum Gasteiger partial charge on any atom is 0.162 e. The molecule has 0 unspecified atom stereocenters. The molecule has 0 amide bonds. The molecule has 0 atom stereocenters. The van der Waals surface area contributed by atoms with Gasteiger partial charge in [-0.25, -0.2) is 13.2 Å². The van der Waals surface area contributed by atoms with Crippen molar-refractivity contribution in [3.63, 3.8) is 0 Å². The summed E-state index contributed by atoms with van der Waals surface area (Å²) in [7, 11) is 0. The fourth-order valence-electron chi connectivity index (χ4n) is 6.81. The highest BCUT2D eigenvalue weighted by Gasteiger charge is 2.27. The van der Waals surface area contributed by atoms with Crippen LogP contribution in [-0.4, -0.2) is 6.61 Å². The van der Waals surface area contributed by atoms with Crippen molar-refractivity contribution in [3.8, 4) is 5.75 Å². The Bertz CT molecular complexity index is 1020. The van der Waals surface area contributed by atoms with Crippen molar-refractivity contribution in [1.29, 1.82) is 0 Å². The van der Waals surface area contributed by atoms with Gasteiger partial charge in [-0.15, -0.1) is 0 Å². The maximum atomic E-state index is 14.9. The van der Waals surface area contributed by atoms with Crippen LogP contribution in [0.5, 0.6) is 5.75 Å². The third-order valence-corrected chi connectivity index (χ3v) is 9.49. The Labute approximate surface area is 234 Å². The highest BCUT2D eigenvalue weighted by atomic mass is 19.2. The minimum absolute atomic E-state index is 0.154. The smallest absolute Gasteiger partial charge is 0.162 e. The van der Waals surface area contributed by atoms with Gasteiger partial charge >= 0.3 is 0 Å². The lowest BCUT2D eigenvalue weighted by Gasteiger charge is -2.29. The van der Waals surface area contributed by atoms with Crippen LogP contribution in [-0.2, 0) is 6.42 Å². The summed E-state index contributed by atoms with van der Waals surface area (Å²) in [6, 6.07) is 9.03. The zero-order valence-electron chi connectivity index (χ0n) is 24.3. The molecule has 39 heavy (non-hydrogen) atoms. The molecule has 0 bridgehead atoms. The Kier molecular flexibility index (Phi) is 11.6. The van der Waals surface area contributed by atoms with E-state index in [-0.39, 0.29) is 17.7 Å². The van der Waals surface area contributed by atoms with Crippen molar-refractivity contribution in [1.82, 2.24) is 0 Å². The van der Waals surface area contributed by atoms with Crippen molar-refractivity contribution >= 4 is 0 Å². The number of ether oxygens (including phenoxy) is 1. The molecule has 2 aliphatic rings. The third kappa shape index (κ3) is 8.51. The zero-order chi connectivity index (χ0) is 27.6. The summed E-state index contributed by atoms with van der Waals surface area (Å²) in [5.41, 5.74) is 1.87. The topological polar surface area (TPSA) is 9.23 Å². The maximum absolute atomic E-state index is 14.9. The van der Waals surface area contributed by atoms with Gasteiger partial charge in [-0.1, -0.05) is 77.0 Å². The number of benzene rings is 2. The van der Waals surface area contributed by atoms with Gasteiger partial charge in [-0.05, 0) is 104 Å². The van der Waals surface area contributed by atoms with Crippen LogP contribution in [0.4, 0.5) is 13.2 Å². The molecule has 0 heterocycles. The summed E-state index contributed by atoms with van der Waals surface area (Å²) < 4.78 is 50.6. The average Bonchev–Trinajstić information content (AvgIpc) is 2.94. The van der Waals surface area contributed by atoms with E-state index in [4.69, 9.17) is 4.74 Å². The summed E-state index contributed by atoms with van der Waals surface area (Å²) in [5.74, 6) is 0.744. The number of unbranched alkanes of at least 4 members (excludes halogenated alkanes) is 5. The van der Waals surface area contributed by atoms with Gasteiger partial charge in [0.25, 0.3) is 0 Å². The molecular formula is C35H49F3O. The predicted octanol–water partition coefficient (Wildman–Crippen LogP) is 11.0. The molecule has 2 fully saturated rings. The van der Waals surface area contributed by atoms with Gasteiger partial charge in [0.1, 0.15) is 11.6 Å². The first-order valence-electron chi connectivity index (χ1n) is 15.8. The normalized spacial score (nSPS) is 23.6.